The van der Waals surface area contributed by atoms with Crippen molar-refractivity contribution in [3.8, 4) is 5.88 Å². The van der Waals surface area contributed by atoms with Gasteiger partial charge in [0.1, 0.15) is 5.56 Å². The molecule has 0 aliphatic carbocycles. The molecule has 2 rings (SSSR count). The number of pyridine rings is 1. The van der Waals surface area contributed by atoms with E-state index in [2.05, 4.69) is 10.3 Å². The Labute approximate surface area is 137 Å². The van der Waals surface area contributed by atoms with E-state index in [4.69, 9.17) is 4.74 Å². The average Bonchev–Trinajstić information content (AvgIpc) is 2.55. The maximum absolute atomic E-state index is 12.3. The molecule has 0 bridgehead atoms. The minimum atomic E-state index is -3.16. The van der Waals surface area contributed by atoms with Crippen LogP contribution in [0.25, 0.3) is 0 Å². The zero-order chi connectivity index (χ0) is 16.9. The van der Waals surface area contributed by atoms with Crippen molar-refractivity contribution in [2.75, 3.05) is 26.0 Å². The molecular weight excluding hydrogens is 318 g/mol. The van der Waals surface area contributed by atoms with Crippen LogP contribution < -0.4 is 10.1 Å². The van der Waals surface area contributed by atoms with Crippen molar-refractivity contribution in [3.63, 3.8) is 0 Å². The predicted octanol–water partition coefficient (Wildman–Crippen LogP) is 1.02. The molecule has 0 aromatic carbocycles. The summed E-state index contributed by atoms with van der Waals surface area (Å²) in [5.74, 6) is 0.217. The van der Waals surface area contributed by atoms with Crippen molar-refractivity contribution in [1.29, 1.82) is 0 Å². The van der Waals surface area contributed by atoms with Crippen molar-refractivity contribution in [2.45, 2.75) is 32.2 Å². The summed E-state index contributed by atoms with van der Waals surface area (Å²) in [6.45, 7) is 2.74. The fourth-order valence-electron chi connectivity index (χ4n) is 2.65. The lowest BCUT2D eigenvalue weighted by atomic mass is 10.1. The van der Waals surface area contributed by atoms with E-state index in [1.165, 1.54) is 11.4 Å². The maximum Gasteiger partial charge on any atom is 0.256 e. The number of nitrogens with zero attached hydrogens (tertiary/aromatic N) is 2. The normalized spacial score (nSPS) is 17.0. The summed E-state index contributed by atoms with van der Waals surface area (Å²) >= 11 is 0. The molecule has 0 spiro atoms. The Morgan fingerprint density at radius 3 is 2.74 bits per heavy atom. The first-order chi connectivity index (χ1) is 11.0. The van der Waals surface area contributed by atoms with Gasteiger partial charge < -0.3 is 10.1 Å². The lowest BCUT2D eigenvalue weighted by Crippen LogP contribution is -2.47. The molecule has 1 aromatic rings. The summed E-state index contributed by atoms with van der Waals surface area (Å²) in [6.07, 6.45) is 3.39. The SMILES string of the molecule is CCCS(=O)(=O)N1CCC(NC(=O)c2cccnc2OC)CC1. The molecule has 2 heterocycles. The van der Waals surface area contributed by atoms with Crippen LogP contribution in [0.1, 0.15) is 36.5 Å². The standard InChI is InChI=1S/C15H23N3O4S/c1-3-11-23(20,21)18-9-6-12(7-10-18)17-14(19)13-5-4-8-16-15(13)22-2/h4-5,8,12H,3,6-7,9-11H2,1-2H3,(H,17,19). The third-order valence-electron chi connectivity index (χ3n) is 3.85. The number of ether oxygens (including phenoxy) is 1. The summed E-state index contributed by atoms with van der Waals surface area (Å²) in [5, 5.41) is 2.93. The predicted molar refractivity (Wildman–Crippen MR) is 86.9 cm³/mol. The van der Waals surface area contributed by atoms with E-state index in [1.54, 1.807) is 18.3 Å². The van der Waals surface area contributed by atoms with E-state index in [0.717, 1.165) is 0 Å². The van der Waals surface area contributed by atoms with E-state index < -0.39 is 10.0 Å². The Kier molecular flexibility index (Phi) is 5.95. The van der Waals surface area contributed by atoms with Gasteiger partial charge in [0.05, 0.1) is 12.9 Å². The van der Waals surface area contributed by atoms with Crippen LogP contribution in [0.4, 0.5) is 0 Å². The van der Waals surface area contributed by atoms with Crippen molar-refractivity contribution in [2.24, 2.45) is 0 Å². The third kappa shape index (κ3) is 4.42. The number of methoxy groups -OCH3 is 1. The fourth-order valence-corrected chi connectivity index (χ4v) is 4.20. The zero-order valence-corrected chi connectivity index (χ0v) is 14.3. The Morgan fingerprint density at radius 1 is 1.43 bits per heavy atom. The lowest BCUT2D eigenvalue weighted by molar-refractivity contribution is 0.0920. The highest BCUT2D eigenvalue weighted by molar-refractivity contribution is 7.89. The van der Waals surface area contributed by atoms with E-state index in [9.17, 15) is 13.2 Å². The molecular formula is C15H23N3O4S. The van der Waals surface area contributed by atoms with E-state index in [-0.39, 0.29) is 23.6 Å². The Balaban J connectivity index is 1.93. The minimum absolute atomic E-state index is 0.0412. The van der Waals surface area contributed by atoms with Gasteiger partial charge in [-0.1, -0.05) is 6.92 Å². The van der Waals surface area contributed by atoms with Gasteiger partial charge in [-0.15, -0.1) is 0 Å². The van der Waals surface area contributed by atoms with Gasteiger partial charge in [-0.2, -0.15) is 0 Å². The molecule has 7 nitrogen and oxygen atoms in total. The van der Waals surface area contributed by atoms with Gasteiger partial charge >= 0.3 is 0 Å². The average molecular weight is 341 g/mol. The van der Waals surface area contributed by atoms with Gasteiger partial charge in [0.2, 0.25) is 15.9 Å². The van der Waals surface area contributed by atoms with Crippen LogP contribution in [0.15, 0.2) is 18.3 Å². The molecule has 1 fully saturated rings. The molecule has 23 heavy (non-hydrogen) atoms. The first-order valence-corrected chi connectivity index (χ1v) is 9.36. The number of hydrogen-bond acceptors (Lipinski definition) is 5. The summed E-state index contributed by atoms with van der Waals surface area (Å²) in [5.41, 5.74) is 0.385. The molecule has 0 saturated carbocycles. The number of carbonyl (C=O) groups excluding carboxylic acids is 1. The van der Waals surface area contributed by atoms with E-state index >= 15 is 0 Å². The monoisotopic (exact) mass is 341 g/mol. The van der Waals surface area contributed by atoms with E-state index in [0.29, 0.717) is 37.9 Å². The molecule has 1 N–H and O–H groups in total. The van der Waals surface area contributed by atoms with Crippen LogP contribution in [0.2, 0.25) is 0 Å². The smallest absolute Gasteiger partial charge is 0.256 e. The van der Waals surface area contributed by atoms with Gasteiger partial charge in [0.15, 0.2) is 0 Å². The van der Waals surface area contributed by atoms with E-state index in [1.807, 2.05) is 6.92 Å². The molecule has 8 heteroatoms. The number of aromatic nitrogens is 1. The molecule has 1 amide bonds. The number of nitrogens with one attached hydrogen (secondary N) is 1. The van der Waals surface area contributed by atoms with Crippen molar-refractivity contribution < 1.29 is 17.9 Å². The highest BCUT2D eigenvalue weighted by Gasteiger charge is 2.28. The largest absolute Gasteiger partial charge is 0.480 e. The molecule has 1 aromatic heterocycles. The van der Waals surface area contributed by atoms with Crippen LogP contribution in [0, 0.1) is 0 Å². The molecule has 1 aliphatic rings. The summed E-state index contributed by atoms with van der Waals surface area (Å²) < 4.78 is 30.7. The first kappa shape index (κ1) is 17.7. The van der Waals surface area contributed by atoms with Gasteiger partial charge in [-0.05, 0) is 31.4 Å². The molecule has 0 atom stereocenters. The Hall–Kier alpha value is -1.67. The van der Waals surface area contributed by atoms with Crippen molar-refractivity contribution in [1.82, 2.24) is 14.6 Å². The second kappa shape index (κ2) is 7.74. The minimum Gasteiger partial charge on any atom is -0.480 e. The van der Waals surface area contributed by atoms with Crippen LogP contribution in [-0.2, 0) is 10.0 Å². The quantitative estimate of drug-likeness (QED) is 0.835. The fraction of sp³-hybridized carbons (Fsp3) is 0.600. The topological polar surface area (TPSA) is 88.6 Å². The number of amides is 1. The molecule has 0 radical (unpaired) electrons. The highest BCUT2D eigenvalue weighted by atomic mass is 32.2. The second-order valence-corrected chi connectivity index (χ2v) is 7.61. The third-order valence-corrected chi connectivity index (χ3v) is 5.93. The second-order valence-electron chi connectivity index (χ2n) is 5.52. The summed E-state index contributed by atoms with van der Waals surface area (Å²) in [7, 11) is -1.69. The molecule has 128 valence electrons. The first-order valence-electron chi connectivity index (χ1n) is 7.75. The molecule has 1 aliphatic heterocycles. The number of carbonyl (C=O) groups is 1. The zero-order valence-electron chi connectivity index (χ0n) is 13.5. The van der Waals surface area contributed by atoms with Gasteiger partial charge in [0.25, 0.3) is 5.91 Å². The molecule has 1 saturated heterocycles. The number of piperidine rings is 1. The van der Waals surface area contributed by atoms with Crippen LogP contribution in [0.5, 0.6) is 5.88 Å². The van der Waals surface area contributed by atoms with Crippen molar-refractivity contribution in [3.05, 3.63) is 23.9 Å². The van der Waals surface area contributed by atoms with Gasteiger partial charge in [-0.25, -0.2) is 17.7 Å². The van der Waals surface area contributed by atoms with Crippen LogP contribution in [0.3, 0.4) is 0 Å². The van der Waals surface area contributed by atoms with Crippen molar-refractivity contribution >= 4 is 15.9 Å². The number of sulfonamides is 1. The maximum atomic E-state index is 12.3. The van der Waals surface area contributed by atoms with Gasteiger partial charge in [-0.3, -0.25) is 4.79 Å². The highest BCUT2D eigenvalue weighted by Crippen LogP contribution is 2.17. The van der Waals surface area contributed by atoms with Gasteiger partial charge in [0, 0.05) is 25.3 Å². The van der Waals surface area contributed by atoms with Crippen LogP contribution in [-0.4, -0.2) is 55.6 Å². The Morgan fingerprint density at radius 2 is 2.13 bits per heavy atom. The number of hydrogen-bond donors (Lipinski definition) is 1. The Bertz CT molecular complexity index is 640. The lowest BCUT2D eigenvalue weighted by Gasteiger charge is -2.31. The number of rotatable bonds is 6. The molecule has 0 unspecified atom stereocenters. The summed E-state index contributed by atoms with van der Waals surface area (Å²) in [6, 6.07) is 3.29. The van der Waals surface area contributed by atoms with Crippen LogP contribution >= 0.6 is 0 Å². The summed E-state index contributed by atoms with van der Waals surface area (Å²) in [4.78, 5) is 16.3.